The smallest absolute Gasteiger partial charge is 0.240 e. The summed E-state index contributed by atoms with van der Waals surface area (Å²) in [6.45, 7) is 4.81. The SMILES string of the molecule is Cc1ccc(S(=O)(=O)NCCN=C(NC#N)NCCSCc2nc[nH]c2C)cc1. The van der Waals surface area contributed by atoms with Crippen molar-refractivity contribution in [2.24, 2.45) is 4.99 Å². The number of guanidine groups is 1. The van der Waals surface area contributed by atoms with E-state index in [0.29, 0.717) is 12.5 Å². The third-order valence-corrected chi connectivity index (χ3v) is 6.34. The van der Waals surface area contributed by atoms with Gasteiger partial charge in [-0.3, -0.25) is 10.3 Å². The van der Waals surface area contributed by atoms with Crippen LogP contribution in [0.4, 0.5) is 0 Å². The number of aryl methyl sites for hydroxylation is 2. The van der Waals surface area contributed by atoms with E-state index in [1.165, 1.54) is 0 Å². The minimum absolute atomic E-state index is 0.127. The molecule has 0 unspecified atom stereocenters. The zero-order chi connectivity index (χ0) is 21.1. The largest absolute Gasteiger partial charge is 0.355 e. The summed E-state index contributed by atoms with van der Waals surface area (Å²) in [4.78, 5) is 11.7. The molecule has 11 heteroatoms. The molecule has 1 aromatic heterocycles. The van der Waals surface area contributed by atoms with Gasteiger partial charge in [0.2, 0.25) is 16.0 Å². The second kappa shape index (κ2) is 11.5. The highest BCUT2D eigenvalue weighted by molar-refractivity contribution is 7.98. The lowest BCUT2D eigenvalue weighted by molar-refractivity contribution is 0.582. The van der Waals surface area contributed by atoms with Crippen LogP contribution in [0, 0.1) is 25.3 Å². The molecule has 1 heterocycles. The predicted octanol–water partition coefficient (Wildman–Crippen LogP) is 1.25. The van der Waals surface area contributed by atoms with Crippen LogP contribution >= 0.6 is 11.8 Å². The molecule has 156 valence electrons. The maximum Gasteiger partial charge on any atom is 0.240 e. The quantitative estimate of drug-likeness (QED) is 0.145. The average molecular weight is 436 g/mol. The molecular formula is C18H25N7O2S2. The van der Waals surface area contributed by atoms with E-state index in [1.54, 1.807) is 42.4 Å². The second-order valence-corrected chi connectivity index (χ2v) is 9.00. The van der Waals surface area contributed by atoms with Crippen LogP contribution in [0.1, 0.15) is 17.0 Å². The molecule has 0 fully saturated rings. The van der Waals surface area contributed by atoms with Crippen LogP contribution in [0.15, 0.2) is 40.5 Å². The number of nitrogens with one attached hydrogen (secondary N) is 4. The third-order valence-electron chi connectivity index (χ3n) is 3.89. The minimum atomic E-state index is -3.57. The maximum atomic E-state index is 12.2. The van der Waals surface area contributed by atoms with Gasteiger partial charge in [-0.15, -0.1) is 0 Å². The summed E-state index contributed by atoms with van der Waals surface area (Å²) in [7, 11) is -3.57. The van der Waals surface area contributed by atoms with Crippen LogP contribution in [0.2, 0.25) is 0 Å². The van der Waals surface area contributed by atoms with Crippen LogP contribution in [-0.2, 0) is 15.8 Å². The van der Waals surface area contributed by atoms with Gasteiger partial charge in [-0.05, 0) is 26.0 Å². The highest BCUT2D eigenvalue weighted by Gasteiger charge is 2.12. The Labute approximate surface area is 175 Å². The number of hydrogen-bond acceptors (Lipinski definition) is 6. The molecule has 0 bridgehead atoms. The average Bonchev–Trinajstić information content (AvgIpc) is 3.10. The first kappa shape index (κ1) is 22.7. The summed E-state index contributed by atoms with van der Waals surface area (Å²) in [6, 6.07) is 6.62. The molecule has 0 saturated carbocycles. The van der Waals surface area contributed by atoms with E-state index < -0.39 is 10.0 Å². The Balaban J connectivity index is 1.73. The number of rotatable bonds is 10. The van der Waals surface area contributed by atoms with Crippen molar-refractivity contribution in [3.05, 3.63) is 47.5 Å². The van der Waals surface area contributed by atoms with Gasteiger partial charge in [-0.2, -0.15) is 17.0 Å². The molecule has 4 N–H and O–H groups in total. The van der Waals surface area contributed by atoms with Crippen molar-refractivity contribution < 1.29 is 8.42 Å². The first-order valence-corrected chi connectivity index (χ1v) is 11.6. The molecular weight excluding hydrogens is 410 g/mol. The number of nitrogens with zero attached hydrogens (tertiary/aromatic N) is 3. The van der Waals surface area contributed by atoms with Crippen LogP contribution < -0.4 is 15.4 Å². The van der Waals surface area contributed by atoms with Crippen molar-refractivity contribution in [3.8, 4) is 6.19 Å². The molecule has 0 aliphatic carbocycles. The highest BCUT2D eigenvalue weighted by atomic mass is 32.2. The van der Waals surface area contributed by atoms with Crippen molar-refractivity contribution in [3.63, 3.8) is 0 Å². The number of H-pyrrole nitrogens is 1. The monoisotopic (exact) mass is 435 g/mol. The van der Waals surface area contributed by atoms with Gasteiger partial charge in [0.05, 0.1) is 23.5 Å². The number of aromatic nitrogens is 2. The van der Waals surface area contributed by atoms with Crippen LogP contribution in [0.5, 0.6) is 0 Å². The molecule has 0 saturated heterocycles. The lowest BCUT2D eigenvalue weighted by Gasteiger charge is -2.09. The van der Waals surface area contributed by atoms with E-state index in [9.17, 15) is 8.42 Å². The summed E-state index contributed by atoms with van der Waals surface area (Å²) in [5.41, 5.74) is 3.08. The molecule has 2 rings (SSSR count). The first-order chi connectivity index (χ1) is 13.9. The van der Waals surface area contributed by atoms with Crippen molar-refractivity contribution in [1.82, 2.24) is 25.3 Å². The molecule has 0 amide bonds. The summed E-state index contributed by atoms with van der Waals surface area (Å²) in [6.07, 6.45) is 3.50. The van der Waals surface area contributed by atoms with Gasteiger partial charge in [-0.1, -0.05) is 17.7 Å². The molecule has 0 radical (unpaired) electrons. The molecule has 1 aromatic carbocycles. The summed E-state index contributed by atoms with van der Waals surface area (Å²) in [5.74, 6) is 1.92. The van der Waals surface area contributed by atoms with Gasteiger partial charge in [0.25, 0.3) is 0 Å². The lowest BCUT2D eigenvalue weighted by Crippen LogP contribution is -2.37. The van der Waals surface area contributed by atoms with E-state index in [-0.39, 0.29) is 18.0 Å². The molecule has 2 aromatic rings. The van der Waals surface area contributed by atoms with Gasteiger partial charge < -0.3 is 10.3 Å². The van der Waals surface area contributed by atoms with E-state index in [0.717, 1.165) is 28.5 Å². The maximum absolute atomic E-state index is 12.2. The number of sulfonamides is 1. The fraction of sp³-hybridized carbons (Fsp3) is 0.389. The molecule has 0 aliphatic rings. The number of aromatic amines is 1. The van der Waals surface area contributed by atoms with Crippen molar-refractivity contribution >= 4 is 27.7 Å². The lowest BCUT2D eigenvalue weighted by atomic mass is 10.2. The number of hydrogen-bond donors (Lipinski definition) is 4. The number of benzene rings is 1. The Morgan fingerprint density at radius 3 is 2.69 bits per heavy atom. The molecule has 29 heavy (non-hydrogen) atoms. The number of nitriles is 1. The summed E-state index contributed by atoms with van der Waals surface area (Å²) in [5, 5.41) is 14.4. The summed E-state index contributed by atoms with van der Waals surface area (Å²) < 4.78 is 27.0. The Morgan fingerprint density at radius 2 is 2.03 bits per heavy atom. The van der Waals surface area contributed by atoms with Crippen molar-refractivity contribution in [2.75, 3.05) is 25.4 Å². The highest BCUT2D eigenvalue weighted by Crippen LogP contribution is 2.11. The van der Waals surface area contributed by atoms with Gasteiger partial charge in [0, 0.05) is 30.3 Å². The molecule has 0 atom stereocenters. The first-order valence-electron chi connectivity index (χ1n) is 8.98. The van der Waals surface area contributed by atoms with E-state index in [1.807, 2.05) is 20.0 Å². The zero-order valence-electron chi connectivity index (χ0n) is 16.4. The van der Waals surface area contributed by atoms with Crippen LogP contribution in [0.3, 0.4) is 0 Å². The number of thioether (sulfide) groups is 1. The Kier molecular flexibility index (Phi) is 8.98. The Hall–Kier alpha value is -2.55. The molecule has 0 aliphatic heterocycles. The van der Waals surface area contributed by atoms with Crippen LogP contribution in [-0.4, -0.2) is 49.7 Å². The van der Waals surface area contributed by atoms with E-state index >= 15 is 0 Å². The fourth-order valence-corrected chi connectivity index (χ4v) is 4.18. The molecule has 9 nitrogen and oxygen atoms in total. The summed E-state index contributed by atoms with van der Waals surface area (Å²) >= 11 is 1.71. The van der Waals surface area contributed by atoms with Gasteiger partial charge in [-0.25, -0.2) is 18.1 Å². The normalized spacial score (nSPS) is 11.8. The van der Waals surface area contributed by atoms with Crippen molar-refractivity contribution in [1.29, 1.82) is 5.26 Å². The molecule has 0 spiro atoms. The fourth-order valence-electron chi connectivity index (χ4n) is 2.28. The number of aliphatic imine (C=N–C) groups is 1. The van der Waals surface area contributed by atoms with E-state index in [4.69, 9.17) is 5.26 Å². The standard InChI is InChI=1S/C18H25N7O2S2/c1-14-3-5-16(6-4-14)29(26,27)25-8-7-20-18(22-12-19)21-9-10-28-11-17-15(2)23-13-24-17/h3-6,13,25H,7-11H2,1-2H3,(H,23,24)(H2,20,21,22). The second-order valence-electron chi connectivity index (χ2n) is 6.13. The predicted molar refractivity (Wildman–Crippen MR) is 115 cm³/mol. The van der Waals surface area contributed by atoms with Crippen molar-refractivity contribution in [2.45, 2.75) is 24.5 Å². The topological polar surface area (TPSA) is 135 Å². The minimum Gasteiger partial charge on any atom is -0.355 e. The number of imidazole rings is 1. The Morgan fingerprint density at radius 1 is 1.28 bits per heavy atom. The third kappa shape index (κ3) is 7.77. The van der Waals surface area contributed by atoms with E-state index in [2.05, 4.69) is 30.3 Å². The Bertz CT molecular complexity index is 947. The van der Waals surface area contributed by atoms with Gasteiger partial charge >= 0.3 is 0 Å². The van der Waals surface area contributed by atoms with Gasteiger partial charge in [0.1, 0.15) is 0 Å². The van der Waals surface area contributed by atoms with Crippen LogP contribution in [0.25, 0.3) is 0 Å². The van der Waals surface area contributed by atoms with Gasteiger partial charge in [0.15, 0.2) is 6.19 Å². The zero-order valence-corrected chi connectivity index (χ0v) is 18.0.